The maximum atomic E-state index is 8.89. The van der Waals surface area contributed by atoms with Crippen LogP contribution in [0.1, 0.15) is 30.0 Å². The zero-order valence-electron chi connectivity index (χ0n) is 33.0. The van der Waals surface area contributed by atoms with E-state index >= 15 is 0 Å². The summed E-state index contributed by atoms with van der Waals surface area (Å²) in [5.41, 5.74) is 14.6. The van der Waals surface area contributed by atoms with Crippen molar-refractivity contribution in [2.45, 2.75) is 11.8 Å². The molecule has 2 aliphatic rings. The molecule has 242 valence electrons. The molecule has 0 bridgehead atoms. The van der Waals surface area contributed by atoms with Crippen molar-refractivity contribution >= 4 is 43.5 Å². The molecule has 1 aromatic heterocycles. The Morgan fingerprint density at radius 2 is 1.17 bits per heavy atom. The van der Waals surface area contributed by atoms with Crippen LogP contribution in [0.15, 0.2) is 198 Å². The molecule has 2 aliphatic carbocycles. The molecule has 1 heteroatoms. The summed E-state index contributed by atoms with van der Waals surface area (Å²) in [6, 6.07) is 44.9. The van der Waals surface area contributed by atoms with Crippen molar-refractivity contribution in [1.29, 1.82) is 0 Å². The van der Waals surface area contributed by atoms with Crippen LogP contribution in [-0.4, -0.2) is 0 Å². The Labute approximate surface area is 309 Å². The van der Waals surface area contributed by atoms with E-state index in [0.717, 1.165) is 61.4 Å². The van der Waals surface area contributed by atoms with Crippen LogP contribution < -0.4 is 0 Å². The normalized spacial score (nSPS) is 17.5. The molecule has 0 N–H and O–H groups in total. The molecule has 11 rings (SSSR count). The second-order valence-electron chi connectivity index (χ2n) is 13.6. The van der Waals surface area contributed by atoms with Crippen LogP contribution in [0.2, 0.25) is 0 Å². The van der Waals surface area contributed by atoms with Crippen LogP contribution in [0, 0.1) is 0 Å². The van der Waals surface area contributed by atoms with Crippen molar-refractivity contribution in [3.63, 3.8) is 0 Å². The lowest BCUT2D eigenvalue weighted by molar-refractivity contribution is 0.661. The van der Waals surface area contributed by atoms with Gasteiger partial charge in [0, 0.05) is 10.8 Å². The largest absolute Gasteiger partial charge is 0.456 e. The lowest BCUT2D eigenvalue weighted by atomic mass is 9.65. The van der Waals surface area contributed by atoms with Gasteiger partial charge in [0.2, 0.25) is 0 Å². The van der Waals surface area contributed by atoms with E-state index in [0.29, 0.717) is 5.56 Å². The summed E-state index contributed by atoms with van der Waals surface area (Å²) in [7, 11) is 0. The van der Waals surface area contributed by atoms with Crippen LogP contribution in [0.25, 0.3) is 76.9 Å². The Kier molecular flexibility index (Phi) is 5.26. The molecule has 0 fully saturated rings. The summed E-state index contributed by atoms with van der Waals surface area (Å²) in [6.45, 7) is 0. The second-order valence-corrected chi connectivity index (χ2v) is 13.6. The Hall–Kier alpha value is -6.66. The molecule has 1 unspecified atom stereocenters. The lowest BCUT2D eigenvalue weighted by Crippen LogP contribution is -2.30. The molecular formula is C51H32O. The highest BCUT2D eigenvalue weighted by Crippen LogP contribution is 2.58. The van der Waals surface area contributed by atoms with Crippen molar-refractivity contribution in [3.05, 3.63) is 210 Å². The van der Waals surface area contributed by atoms with Gasteiger partial charge in [-0.1, -0.05) is 152 Å². The first-order valence-corrected chi connectivity index (χ1v) is 17.7. The number of rotatable bonds is 5. The predicted molar refractivity (Wildman–Crippen MR) is 217 cm³/mol. The third-order valence-electron chi connectivity index (χ3n) is 11.1. The summed E-state index contributed by atoms with van der Waals surface area (Å²) < 4.78 is 49.5. The first-order valence-electron chi connectivity index (χ1n) is 20.2. The van der Waals surface area contributed by atoms with E-state index in [9.17, 15) is 0 Å². The molecule has 0 spiro atoms. The third-order valence-corrected chi connectivity index (χ3v) is 11.1. The van der Waals surface area contributed by atoms with Crippen molar-refractivity contribution in [2.75, 3.05) is 0 Å². The van der Waals surface area contributed by atoms with Gasteiger partial charge < -0.3 is 4.42 Å². The Morgan fingerprint density at radius 1 is 0.538 bits per heavy atom. The fourth-order valence-corrected chi connectivity index (χ4v) is 9.04. The number of hydrogen-bond acceptors (Lipinski definition) is 1. The zero-order valence-corrected chi connectivity index (χ0v) is 28.0. The molecule has 0 amide bonds. The summed E-state index contributed by atoms with van der Waals surface area (Å²) in [5.74, 6) is 0. The molecule has 0 aliphatic heterocycles. The van der Waals surface area contributed by atoms with Gasteiger partial charge >= 0.3 is 0 Å². The summed E-state index contributed by atoms with van der Waals surface area (Å²) in [6.07, 6.45) is 7.18. The van der Waals surface area contributed by atoms with Gasteiger partial charge in [-0.05, 0) is 114 Å². The van der Waals surface area contributed by atoms with Crippen molar-refractivity contribution in [1.82, 2.24) is 0 Å². The monoisotopic (exact) mass is 665 g/mol. The van der Waals surface area contributed by atoms with Crippen LogP contribution in [0.4, 0.5) is 0 Å². The average molecular weight is 666 g/mol. The maximum absolute atomic E-state index is 8.89. The highest BCUT2D eigenvalue weighted by molar-refractivity contribution is 6.21. The number of benzene rings is 8. The van der Waals surface area contributed by atoms with Crippen molar-refractivity contribution in [2.24, 2.45) is 0 Å². The first-order chi connectivity index (χ1) is 27.9. The fraction of sp³-hybridized carbons (Fsp3) is 0.0392. The smallest absolute Gasteiger partial charge is 0.136 e. The van der Waals surface area contributed by atoms with Crippen molar-refractivity contribution in [3.8, 4) is 33.4 Å². The van der Waals surface area contributed by atoms with Gasteiger partial charge in [-0.25, -0.2) is 0 Å². The SMILES string of the molecule is [2H]c1c([2H])c([2H])c(-c2c3ccccc3c(-c3ccc(-c4cc5c6c(c4)oc4cccc(c46)C5(C4=CC=C=CC4)c4ccccc4)cc3)c3ccccc23)c([2H])c1[2H]. The first kappa shape index (κ1) is 24.5. The second kappa shape index (κ2) is 11.2. The highest BCUT2D eigenvalue weighted by Gasteiger charge is 2.47. The topological polar surface area (TPSA) is 13.1 Å². The maximum Gasteiger partial charge on any atom is 0.136 e. The van der Waals surface area contributed by atoms with E-state index in [1.54, 1.807) is 0 Å². The summed E-state index contributed by atoms with van der Waals surface area (Å²) >= 11 is 0. The van der Waals surface area contributed by atoms with Gasteiger partial charge in [0.15, 0.2) is 0 Å². The van der Waals surface area contributed by atoms with Crippen molar-refractivity contribution < 1.29 is 11.3 Å². The fourth-order valence-electron chi connectivity index (χ4n) is 9.04. The number of fused-ring (bicyclic) bond motifs is 2. The minimum absolute atomic E-state index is 0.207. The van der Waals surface area contributed by atoms with Crippen LogP contribution >= 0.6 is 0 Å². The van der Waals surface area contributed by atoms with E-state index in [2.05, 4.69) is 115 Å². The molecule has 0 saturated heterocycles. The van der Waals surface area contributed by atoms with E-state index < -0.39 is 11.5 Å². The molecule has 1 atom stereocenters. The molecule has 1 heterocycles. The molecule has 0 saturated carbocycles. The summed E-state index contributed by atoms with van der Waals surface area (Å²) in [5, 5.41) is 5.87. The molecule has 1 nitrogen and oxygen atoms in total. The van der Waals surface area contributed by atoms with E-state index in [1.807, 2.05) is 42.5 Å². The van der Waals surface area contributed by atoms with Crippen LogP contribution in [-0.2, 0) is 5.41 Å². The Balaban J connectivity index is 1.12. The van der Waals surface area contributed by atoms with Gasteiger partial charge in [0.1, 0.15) is 11.2 Å². The Morgan fingerprint density at radius 3 is 1.85 bits per heavy atom. The van der Waals surface area contributed by atoms with Gasteiger partial charge in [-0.2, -0.15) is 0 Å². The van der Waals surface area contributed by atoms with Gasteiger partial charge in [0.25, 0.3) is 0 Å². The van der Waals surface area contributed by atoms with Gasteiger partial charge in [0.05, 0.1) is 12.3 Å². The number of furan rings is 1. The molecular weight excluding hydrogens is 629 g/mol. The third kappa shape index (κ3) is 4.00. The van der Waals surface area contributed by atoms with E-state index in [1.165, 1.54) is 33.0 Å². The number of allylic oxidation sites excluding steroid dienone is 3. The quantitative estimate of drug-likeness (QED) is 0.132. The average Bonchev–Trinajstić information content (AvgIpc) is 3.80. The van der Waals surface area contributed by atoms with Crippen LogP contribution in [0.3, 0.4) is 0 Å². The molecule has 9 aromatic rings. The van der Waals surface area contributed by atoms with E-state index in [4.69, 9.17) is 11.3 Å². The van der Waals surface area contributed by atoms with Crippen LogP contribution in [0.5, 0.6) is 0 Å². The van der Waals surface area contributed by atoms with Gasteiger partial charge in [-0.15, -0.1) is 5.73 Å². The molecule has 8 aromatic carbocycles. The molecule has 0 radical (unpaired) electrons. The summed E-state index contributed by atoms with van der Waals surface area (Å²) in [4.78, 5) is 0. The Bertz CT molecular complexity index is 3210. The zero-order chi connectivity index (χ0) is 38.6. The number of hydrogen-bond donors (Lipinski definition) is 0. The standard InChI is InChI=1S/C51H32O/c1-4-15-34(16-5-1)47-39-21-10-12-23-41(39)48(42-24-13-11-22-40(42)47)35-29-27-33(28-30-35)36-31-44-50-46(32-36)52-45-26-14-25-43(49(45)50)51(44,37-17-6-2-7-18-37)38-19-8-3-9-20-38/h1-2,4-19,21-32H,20H2/i1D,4D,5D,15D,16D. The minimum atomic E-state index is -0.495. The lowest BCUT2D eigenvalue weighted by Gasteiger charge is -2.36. The highest BCUT2D eigenvalue weighted by atomic mass is 16.3. The minimum Gasteiger partial charge on any atom is -0.456 e. The van der Waals surface area contributed by atoms with E-state index in [-0.39, 0.29) is 29.7 Å². The van der Waals surface area contributed by atoms with Gasteiger partial charge in [-0.3, -0.25) is 0 Å². The predicted octanol–water partition coefficient (Wildman–Crippen LogP) is 13.6. The molecule has 52 heavy (non-hydrogen) atoms.